The van der Waals surface area contributed by atoms with Crippen molar-refractivity contribution in [3.05, 3.63) is 89.5 Å². The third kappa shape index (κ3) is 4.98. The molecule has 0 spiro atoms. The molecule has 0 radical (unpaired) electrons. The largest absolute Gasteiger partial charge is 0.483 e. The van der Waals surface area contributed by atoms with E-state index < -0.39 is 0 Å². The minimum absolute atomic E-state index is 0.0106. The Labute approximate surface area is 161 Å². The number of carbonyl (C=O) groups is 1. The number of nitrogens with one attached hydrogen (secondary N) is 1. The van der Waals surface area contributed by atoms with Crippen LogP contribution in [0.5, 0.6) is 5.75 Å². The van der Waals surface area contributed by atoms with Gasteiger partial charge in [0.05, 0.1) is 6.04 Å². The lowest BCUT2D eigenvalue weighted by Gasteiger charge is -2.16. The molecule has 3 rings (SSSR count). The first-order valence-electron chi connectivity index (χ1n) is 9.18. The number of carbonyl (C=O) groups excluding carboxylic acids is 1. The summed E-state index contributed by atoms with van der Waals surface area (Å²) < 4.78 is 5.68. The SMILES string of the molecule is Cc1ccc(C)c(OCC(=O)N[C@H](C)c2ccc(-c3ccccc3)cc2)c1. The summed E-state index contributed by atoms with van der Waals surface area (Å²) in [6.07, 6.45) is 0. The van der Waals surface area contributed by atoms with Crippen LogP contribution in [0.2, 0.25) is 0 Å². The van der Waals surface area contributed by atoms with Crippen LogP contribution in [0.4, 0.5) is 0 Å². The molecule has 0 heterocycles. The van der Waals surface area contributed by atoms with Crippen molar-refractivity contribution >= 4 is 5.91 Å². The maximum Gasteiger partial charge on any atom is 0.258 e. The maximum atomic E-state index is 12.2. The molecule has 0 aromatic heterocycles. The Morgan fingerprint density at radius 3 is 2.30 bits per heavy atom. The number of rotatable bonds is 6. The van der Waals surface area contributed by atoms with E-state index in [4.69, 9.17) is 4.74 Å². The second kappa shape index (κ2) is 8.54. The summed E-state index contributed by atoms with van der Waals surface area (Å²) in [6.45, 7) is 5.97. The van der Waals surface area contributed by atoms with E-state index >= 15 is 0 Å². The molecule has 0 unspecified atom stereocenters. The average Bonchev–Trinajstić information content (AvgIpc) is 2.69. The smallest absolute Gasteiger partial charge is 0.258 e. The van der Waals surface area contributed by atoms with E-state index in [1.165, 1.54) is 5.56 Å². The molecule has 0 aliphatic carbocycles. The molecule has 138 valence electrons. The van der Waals surface area contributed by atoms with Gasteiger partial charge < -0.3 is 10.1 Å². The van der Waals surface area contributed by atoms with Gasteiger partial charge in [0.15, 0.2) is 6.61 Å². The molecule has 1 N–H and O–H groups in total. The molecule has 1 amide bonds. The Balaban J connectivity index is 1.57. The number of aryl methyl sites for hydroxylation is 2. The molecule has 0 aliphatic rings. The lowest BCUT2D eigenvalue weighted by atomic mass is 10.0. The molecule has 3 aromatic carbocycles. The summed E-state index contributed by atoms with van der Waals surface area (Å²) in [5, 5.41) is 3.00. The van der Waals surface area contributed by atoms with Crippen molar-refractivity contribution in [2.45, 2.75) is 26.8 Å². The Morgan fingerprint density at radius 2 is 1.59 bits per heavy atom. The molecule has 0 aliphatic heterocycles. The number of hydrogen-bond acceptors (Lipinski definition) is 2. The van der Waals surface area contributed by atoms with Crippen LogP contribution >= 0.6 is 0 Å². The van der Waals surface area contributed by atoms with E-state index in [0.717, 1.165) is 28.0 Å². The van der Waals surface area contributed by atoms with Crippen molar-refractivity contribution in [2.75, 3.05) is 6.61 Å². The van der Waals surface area contributed by atoms with Gasteiger partial charge in [-0.05, 0) is 54.7 Å². The van der Waals surface area contributed by atoms with Gasteiger partial charge in [0.25, 0.3) is 5.91 Å². The lowest BCUT2D eigenvalue weighted by Crippen LogP contribution is -2.31. The van der Waals surface area contributed by atoms with E-state index in [-0.39, 0.29) is 18.6 Å². The van der Waals surface area contributed by atoms with Gasteiger partial charge in [0, 0.05) is 0 Å². The topological polar surface area (TPSA) is 38.3 Å². The van der Waals surface area contributed by atoms with Gasteiger partial charge in [0.2, 0.25) is 0 Å². The summed E-state index contributed by atoms with van der Waals surface area (Å²) in [6, 6.07) is 24.4. The molecule has 3 nitrogen and oxygen atoms in total. The molecule has 0 bridgehead atoms. The van der Waals surface area contributed by atoms with E-state index in [2.05, 4.69) is 41.7 Å². The molecule has 3 aromatic rings. The Morgan fingerprint density at radius 1 is 0.926 bits per heavy atom. The monoisotopic (exact) mass is 359 g/mol. The molecule has 1 atom stereocenters. The van der Waals surface area contributed by atoms with E-state index in [0.29, 0.717) is 0 Å². The molecule has 0 fully saturated rings. The Kier molecular flexibility index (Phi) is 5.92. The van der Waals surface area contributed by atoms with Gasteiger partial charge in [-0.15, -0.1) is 0 Å². The summed E-state index contributed by atoms with van der Waals surface area (Å²) in [5.74, 6) is 0.626. The van der Waals surface area contributed by atoms with Gasteiger partial charge >= 0.3 is 0 Å². The van der Waals surface area contributed by atoms with Gasteiger partial charge in [-0.1, -0.05) is 66.7 Å². The Bertz CT molecular complexity index is 901. The minimum Gasteiger partial charge on any atom is -0.483 e. The second-order valence-electron chi connectivity index (χ2n) is 6.83. The zero-order valence-corrected chi connectivity index (χ0v) is 16.0. The van der Waals surface area contributed by atoms with Crippen LogP contribution < -0.4 is 10.1 Å². The predicted molar refractivity (Wildman–Crippen MR) is 110 cm³/mol. The fraction of sp³-hybridized carbons (Fsp3) is 0.208. The van der Waals surface area contributed by atoms with Crippen molar-refractivity contribution in [1.82, 2.24) is 5.32 Å². The first-order valence-corrected chi connectivity index (χ1v) is 9.18. The van der Waals surface area contributed by atoms with Gasteiger partial charge in [-0.2, -0.15) is 0 Å². The molecule has 0 saturated carbocycles. The third-order valence-electron chi connectivity index (χ3n) is 4.60. The number of amides is 1. The Hall–Kier alpha value is -3.07. The van der Waals surface area contributed by atoms with Crippen LogP contribution in [0.1, 0.15) is 29.7 Å². The molecule has 27 heavy (non-hydrogen) atoms. The van der Waals surface area contributed by atoms with Crippen molar-refractivity contribution in [1.29, 1.82) is 0 Å². The first-order chi connectivity index (χ1) is 13.0. The molecule has 0 saturated heterocycles. The van der Waals surface area contributed by atoms with Crippen molar-refractivity contribution < 1.29 is 9.53 Å². The molecular formula is C24H25NO2. The summed E-state index contributed by atoms with van der Waals surface area (Å²) >= 11 is 0. The van der Waals surface area contributed by atoms with Crippen molar-refractivity contribution in [3.8, 4) is 16.9 Å². The van der Waals surface area contributed by atoms with E-state index in [1.807, 2.05) is 57.2 Å². The molecule has 3 heteroatoms. The highest BCUT2D eigenvalue weighted by Gasteiger charge is 2.11. The van der Waals surface area contributed by atoms with Crippen LogP contribution in [0, 0.1) is 13.8 Å². The van der Waals surface area contributed by atoms with Crippen LogP contribution in [0.3, 0.4) is 0 Å². The van der Waals surface area contributed by atoms with E-state index in [9.17, 15) is 4.79 Å². The lowest BCUT2D eigenvalue weighted by molar-refractivity contribution is -0.123. The summed E-state index contributed by atoms with van der Waals surface area (Å²) in [7, 11) is 0. The normalized spacial score (nSPS) is 11.7. The van der Waals surface area contributed by atoms with E-state index in [1.54, 1.807) is 0 Å². The highest BCUT2D eigenvalue weighted by Crippen LogP contribution is 2.22. The highest BCUT2D eigenvalue weighted by atomic mass is 16.5. The van der Waals surface area contributed by atoms with Crippen LogP contribution in [0.25, 0.3) is 11.1 Å². The minimum atomic E-state index is -0.129. The fourth-order valence-corrected chi connectivity index (χ4v) is 2.97. The van der Waals surface area contributed by atoms with Gasteiger partial charge in [-0.3, -0.25) is 4.79 Å². The molecular weight excluding hydrogens is 334 g/mol. The van der Waals surface area contributed by atoms with Gasteiger partial charge in [-0.25, -0.2) is 0 Å². The number of ether oxygens (including phenoxy) is 1. The standard InChI is InChI=1S/C24H25NO2/c1-17-9-10-18(2)23(15-17)27-16-24(26)25-19(3)20-11-13-22(14-12-20)21-7-5-4-6-8-21/h4-15,19H,16H2,1-3H3,(H,25,26)/t19-/m1/s1. The zero-order chi connectivity index (χ0) is 19.2. The zero-order valence-electron chi connectivity index (χ0n) is 16.0. The van der Waals surface area contributed by atoms with Crippen molar-refractivity contribution in [2.24, 2.45) is 0 Å². The first kappa shape index (κ1) is 18.7. The quantitative estimate of drug-likeness (QED) is 0.655. The van der Waals surface area contributed by atoms with Crippen LogP contribution in [-0.4, -0.2) is 12.5 Å². The summed E-state index contributed by atoms with van der Waals surface area (Å²) in [4.78, 5) is 12.2. The maximum absolute atomic E-state index is 12.2. The number of benzene rings is 3. The summed E-state index contributed by atoms with van der Waals surface area (Å²) in [5.41, 5.74) is 5.55. The van der Waals surface area contributed by atoms with Crippen LogP contribution in [0.15, 0.2) is 72.8 Å². The predicted octanol–water partition coefficient (Wildman–Crippen LogP) is 5.23. The average molecular weight is 359 g/mol. The fourth-order valence-electron chi connectivity index (χ4n) is 2.97. The highest BCUT2D eigenvalue weighted by molar-refractivity contribution is 5.78. The second-order valence-corrected chi connectivity index (χ2v) is 6.83. The van der Waals surface area contributed by atoms with Crippen LogP contribution in [-0.2, 0) is 4.79 Å². The van der Waals surface area contributed by atoms with Gasteiger partial charge in [0.1, 0.15) is 5.75 Å². The number of hydrogen-bond donors (Lipinski definition) is 1. The third-order valence-corrected chi connectivity index (χ3v) is 4.60. The van der Waals surface area contributed by atoms with Crippen molar-refractivity contribution in [3.63, 3.8) is 0 Å².